The van der Waals surface area contributed by atoms with E-state index in [9.17, 15) is 0 Å². The summed E-state index contributed by atoms with van der Waals surface area (Å²) in [6, 6.07) is 50.9. The third-order valence-electron chi connectivity index (χ3n) is 9.77. The molecule has 0 saturated carbocycles. The second-order valence-electron chi connectivity index (χ2n) is 12.9. The monoisotopic (exact) mass is 685 g/mol. The summed E-state index contributed by atoms with van der Waals surface area (Å²) in [7, 11) is 0. The van der Waals surface area contributed by atoms with Crippen LogP contribution in [0.3, 0.4) is 0 Å². The van der Waals surface area contributed by atoms with Gasteiger partial charge in [0.15, 0.2) is 5.58 Å². The van der Waals surface area contributed by atoms with E-state index < -0.39 is 0 Å². The highest BCUT2D eigenvalue weighted by molar-refractivity contribution is 6.07. The third kappa shape index (κ3) is 4.73. The molecule has 250 valence electrons. The van der Waals surface area contributed by atoms with Gasteiger partial charge in [0.1, 0.15) is 27.8 Å². The van der Waals surface area contributed by atoms with Crippen LogP contribution in [0.4, 0.5) is 34.4 Å². The maximum atomic E-state index is 6.49. The number of para-hydroxylation sites is 4. The van der Waals surface area contributed by atoms with Gasteiger partial charge < -0.3 is 18.2 Å². The second-order valence-corrected chi connectivity index (χ2v) is 12.9. The molecule has 0 fully saturated rings. The van der Waals surface area contributed by atoms with Gasteiger partial charge in [0, 0.05) is 63.0 Å². The van der Waals surface area contributed by atoms with Crippen LogP contribution in [0, 0.1) is 0 Å². The van der Waals surface area contributed by atoms with Crippen LogP contribution in [0.1, 0.15) is 0 Å². The van der Waals surface area contributed by atoms with E-state index in [4.69, 9.17) is 28.2 Å². The van der Waals surface area contributed by atoms with Gasteiger partial charge in [-0.05, 0) is 60.7 Å². The van der Waals surface area contributed by atoms with Crippen molar-refractivity contribution < 1.29 is 13.3 Å². The topological polar surface area (TPSA) is 84.6 Å². The standard InChI is InChI=1S/C45H27N5O3/c1-3-11-28(12-4-1)49(30-19-21-35-33-15-7-9-17-38(33)51-40(35)23-30)32-25-42-43(46-26-32)37-27-47-45(48-44(37)53-42)50(29-13-5-2-6-14-29)31-20-22-36-34-16-8-10-18-39(34)52-41(36)24-31/h1-27H. The molecule has 53 heavy (non-hydrogen) atoms. The van der Waals surface area contributed by atoms with E-state index in [2.05, 4.69) is 59.5 Å². The number of hydrogen-bond donors (Lipinski definition) is 0. The zero-order valence-corrected chi connectivity index (χ0v) is 28.0. The summed E-state index contributed by atoms with van der Waals surface area (Å²) in [5.74, 6) is 0.462. The maximum absolute atomic E-state index is 6.49. The number of furan rings is 3. The minimum Gasteiger partial charge on any atom is -0.456 e. The van der Waals surface area contributed by atoms with Gasteiger partial charge in [0.05, 0.1) is 23.0 Å². The Morgan fingerprint density at radius 2 is 0.887 bits per heavy atom. The molecule has 0 spiro atoms. The molecule has 0 unspecified atom stereocenters. The van der Waals surface area contributed by atoms with E-state index in [1.54, 1.807) is 6.20 Å². The lowest BCUT2D eigenvalue weighted by Crippen LogP contribution is -2.13. The first-order valence-electron chi connectivity index (χ1n) is 17.3. The smallest absolute Gasteiger partial charge is 0.237 e. The molecule has 0 aliphatic carbocycles. The Morgan fingerprint density at radius 1 is 0.358 bits per heavy atom. The lowest BCUT2D eigenvalue weighted by molar-refractivity contribution is 0.652. The molecule has 0 radical (unpaired) electrons. The van der Waals surface area contributed by atoms with Gasteiger partial charge >= 0.3 is 0 Å². The average Bonchev–Trinajstić information content (AvgIpc) is 3.89. The molecule has 11 rings (SSSR count). The number of aromatic nitrogens is 3. The number of nitrogens with zero attached hydrogens (tertiary/aromatic N) is 5. The van der Waals surface area contributed by atoms with E-state index in [0.717, 1.165) is 77.7 Å². The molecule has 0 aliphatic heterocycles. The Labute approximate surface area is 301 Å². The Morgan fingerprint density at radius 3 is 1.53 bits per heavy atom. The van der Waals surface area contributed by atoms with Crippen molar-refractivity contribution in [1.29, 1.82) is 0 Å². The Hall–Kier alpha value is -7.45. The predicted octanol–water partition coefficient (Wildman–Crippen LogP) is 12.5. The lowest BCUT2D eigenvalue weighted by Gasteiger charge is -2.24. The van der Waals surface area contributed by atoms with Gasteiger partial charge in [-0.3, -0.25) is 4.90 Å². The van der Waals surface area contributed by atoms with Crippen LogP contribution in [0.25, 0.3) is 66.1 Å². The zero-order chi connectivity index (χ0) is 34.9. The van der Waals surface area contributed by atoms with Crippen molar-refractivity contribution in [3.05, 3.63) is 164 Å². The van der Waals surface area contributed by atoms with Crippen LogP contribution >= 0.6 is 0 Å². The molecule has 5 aromatic heterocycles. The Bertz CT molecular complexity index is 2940. The highest BCUT2D eigenvalue weighted by atomic mass is 16.3. The van der Waals surface area contributed by atoms with E-state index in [1.807, 2.05) is 108 Å². The molecule has 5 heterocycles. The molecule has 0 amide bonds. The zero-order valence-electron chi connectivity index (χ0n) is 28.0. The van der Waals surface area contributed by atoms with Crippen LogP contribution in [-0.4, -0.2) is 15.0 Å². The summed E-state index contributed by atoms with van der Waals surface area (Å²) in [6.45, 7) is 0. The van der Waals surface area contributed by atoms with E-state index in [1.165, 1.54) is 0 Å². The van der Waals surface area contributed by atoms with Crippen LogP contribution in [0.15, 0.2) is 177 Å². The minimum atomic E-state index is 0.440. The van der Waals surface area contributed by atoms with E-state index in [-0.39, 0.29) is 0 Å². The van der Waals surface area contributed by atoms with E-state index >= 15 is 0 Å². The van der Waals surface area contributed by atoms with Gasteiger partial charge in [-0.15, -0.1) is 0 Å². The molecule has 6 aromatic carbocycles. The number of rotatable bonds is 6. The van der Waals surface area contributed by atoms with Crippen molar-refractivity contribution in [3.8, 4) is 0 Å². The summed E-state index contributed by atoms with van der Waals surface area (Å²) < 4.78 is 19.0. The highest BCUT2D eigenvalue weighted by Gasteiger charge is 2.22. The fourth-order valence-corrected chi connectivity index (χ4v) is 7.33. The molecule has 11 aromatic rings. The van der Waals surface area contributed by atoms with Gasteiger partial charge in [-0.2, -0.15) is 4.98 Å². The molecular formula is C45H27N5O3. The molecule has 0 aliphatic rings. The van der Waals surface area contributed by atoms with Crippen LogP contribution in [0.5, 0.6) is 0 Å². The second kappa shape index (κ2) is 11.5. The molecular weight excluding hydrogens is 659 g/mol. The number of fused-ring (bicyclic) bond motifs is 9. The van der Waals surface area contributed by atoms with Gasteiger partial charge in [-0.25, -0.2) is 9.97 Å². The van der Waals surface area contributed by atoms with Crippen molar-refractivity contribution in [1.82, 2.24) is 15.0 Å². The number of hydrogen-bond acceptors (Lipinski definition) is 8. The molecule has 0 bridgehead atoms. The minimum absolute atomic E-state index is 0.440. The molecule has 0 saturated heterocycles. The molecule has 0 N–H and O–H groups in total. The first-order chi connectivity index (χ1) is 26.2. The first kappa shape index (κ1) is 29.3. The Balaban J connectivity index is 1.03. The predicted molar refractivity (Wildman–Crippen MR) is 211 cm³/mol. The maximum Gasteiger partial charge on any atom is 0.237 e. The average molecular weight is 686 g/mol. The van der Waals surface area contributed by atoms with Gasteiger partial charge in [-0.1, -0.05) is 72.8 Å². The number of benzene rings is 6. The van der Waals surface area contributed by atoms with Crippen molar-refractivity contribution in [2.75, 3.05) is 9.80 Å². The Kier molecular flexibility index (Phi) is 6.38. The number of anilines is 6. The van der Waals surface area contributed by atoms with E-state index in [0.29, 0.717) is 22.8 Å². The van der Waals surface area contributed by atoms with Crippen molar-refractivity contribution in [2.24, 2.45) is 0 Å². The highest BCUT2D eigenvalue weighted by Crippen LogP contribution is 2.41. The largest absolute Gasteiger partial charge is 0.456 e. The fourth-order valence-electron chi connectivity index (χ4n) is 7.33. The van der Waals surface area contributed by atoms with Crippen LogP contribution < -0.4 is 9.80 Å². The van der Waals surface area contributed by atoms with Crippen molar-refractivity contribution in [3.63, 3.8) is 0 Å². The molecule has 8 heteroatoms. The van der Waals surface area contributed by atoms with Crippen molar-refractivity contribution >= 4 is 100 Å². The summed E-state index contributed by atoms with van der Waals surface area (Å²) in [5.41, 5.74) is 9.53. The van der Waals surface area contributed by atoms with Gasteiger partial charge in [0.25, 0.3) is 0 Å². The summed E-state index contributed by atoms with van der Waals surface area (Å²) >= 11 is 0. The van der Waals surface area contributed by atoms with Crippen LogP contribution in [-0.2, 0) is 0 Å². The summed E-state index contributed by atoms with van der Waals surface area (Å²) in [4.78, 5) is 18.9. The lowest BCUT2D eigenvalue weighted by atomic mass is 10.1. The van der Waals surface area contributed by atoms with Gasteiger partial charge in [0.2, 0.25) is 11.7 Å². The quantitative estimate of drug-likeness (QED) is 0.171. The first-order valence-corrected chi connectivity index (χ1v) is 17.3. The number of pyridine rings is 1. The SMILES string of the molecule is c1ccc(N(c2ccc3c(c2)oc2ccccc23)c2cnc3c(c2)oc2nc(N(c4ccccc4)c4ccc5c(c4)oc4ccccc45)ncc23)cc1. The van der Waals surface area contributed by atoms with Crippen LogP contribution in [0.2, 0.25) is 0 Å². The molecule has 8 nitrogen and oxygen atoms in total. The summed E-state index contributed by atoms with van der Waals surface area (Å²) in [6.07, 6.45) is 3.65. The van der Waals surface area contributed by atoms with Crippen molar-refractivity contribution in [2.45, 2.75) is 0 Å². The third-order valence-corrected chi connectivity index (χ3v) is 9.77. The summed E-state index contributed by atoms with van der Waals surface area (Å²) in [5, 5.41) is 5.01. The fraction of sp³-hybridized carbons (Fsp3) is 0. The normalized spacial score (nSPS) is 11.8. The molecule has 0 atom stereocenters.